The number of carbonyl (C=O) groups is 1. The summed E-state index contributed by atoms with van der Waals surface area (Å²) in [6.45, 7) is 8.96. The molecule has 2 aliphatic rings. The Morgan fingerprint density at radius 2 is 1.81 bits per heavy atom. The summed E-state index contributed by atoms with van der Waals surface area (Å²) in [7, 11) is 0. The summed E-state index contributed by atoms with van der Waals surface area (Å²) in [5, 5.41) is 0. The Kier molecular flexibility index (Phi) is 9.03. The van der Waals surface area contributed by atoms with Crippen LogP contribution in [0.5, 0.6) is 0 Å². The normalized spacial score (nSPS) is 23.3. The number of nitrogens with two attached hydrogens (primary N) is 1. The fourth-order valence-electron chi connectivity index (χ4n) is 3.51. The van der Waals surface area contributed by atoms with Gasteiger partial charge in [-0.1, -0.05) is 6.92 Å². The molecule has 0 aliphatic carbocycles. The molecule has 3 rings (SSSR count). The standard InChI is InChI=1S/C17H28N6O.2ClH/c1-17(13-18)4-8-21(14-17)7-3-15(24)22-9-11-23(12-10-22)16-19-5-2-6-20-16;;/h2,5-6H,3-4,7-14,18H2,1H3;2*1H. The molecule has 0 saturated carbocycles. The van der Waals surface area contributed by atoms with E-state index in [2.05, 4.69) is 26.7 Å². The number of anilines is 1. The predicted molar refractivity (Wildman–Crippen MR) is 108 cm³/mol. The maximum Gasteiger partial charge on any atom is 0.225 e. The molecule has 2 N–H and O–H groups in total. The molecule has 7 nitrogen and oxygen atoms in total. The topological polar surface area (TPSA) is 78.6 Å². The van der Waals surface area contributed by atoms with Crippen molar-refractivity contribution in [2.24, 2.45) is 11.1 Å². The van der Waals surface area contributed by atoms with Crippen molar-refractivity contribution < 1.29 is 4.79 Å². The third-order valence-corrected chi connectivity index (χ3v) is 5.24. The first-order valence-electron chi connectivity index (χ1n) is 8.82. The number of aromatic nitrogens is 2. The second-order valence-corrected chi connectivity index (χ2v) is 7.21. The van der Waals surface area contributed by atoms with Gasteiger partial charge in [0, 0.05) is 58.1 Å². The third-order valence-electron chi connectivity index (χ3n) is 5.24. The van der Waals surface area contributed by atoms with Crippen LogP contribution in [0.3, 0.4) is 0 Å². The molecule has 2 aliphatic heterocycles. The van der Waals surface area contributed by atoms with Crippen molar-refractivity contribution >= 4 is 36.7 Å². The molecule has 26 heavy (non-hydrogen) atoms. The molecule has 1 aromatic rings. The minimum absolute atomic E-state index is 0. The largest absolute Gasteiger partial charge is 0.339 e. The highest BCUT2D eigenvalue weighted by molar-refractivity contribution is 5.85. The van der Waals surface area contributed by atoms with Crippen LogP contribution in [0, 0.1) is 5.41 Å². The quantitative estimate of drug-likeness (QED) is 0.789. The van der Waals surface area contributed by atoms with Gasteiger partial charge in [-0.05, 0) is 31.0 Å². The van der Waals surface area contributed by atoms with Crippen LogP contribution in [0.4, 0.5) is 5.95 Å². The molecule has 2 fully saturated rings. The van der Waals surface area contributed by atoms with Crippen molar-refractivity contribution in [1.29, 1.82) is 0 Å². The molecule has 1 unspecified atom stereocenters. The highest BCUT2D eigenvalue weighted by atomic mass is 35.5. The number of amides is 1. The average Bonchev–Trinajstić information content (AvgIpc) is 3.02. The third kappa shape index (κ3) is 5.67. The zero-order valence-electron chi connectivity index (χ0n) is 15.3. The van der Waals surface area contributed by atoms with E-state index < -0.39 is 0 Å². The zero-order valence-corrected chi connectivity index (χ0v) is 17.0. The number of likely N-dealkylation sites (tertiary alicyclic amines) is 1. The molecule has 0 aromatic carbocycles. The molecule has 2 saturated heterocycles. The number of halogens is 2. The van der Waals surface area contributed by atoms with Crippen molar-refractivity contribution in [3.05, 3.63) is 18.5 Å². The molecule has 1 atom stereocenters. The van der Waals surface area contributed by atoms with Gasteiger partial charge in [-0.25, -0.2) is 9.97 Å². The summed E-state index contributed by atoms with van der Waals surface area (Å²) in [5.41, 5.74) is 6.07. The van der Waals surface area contributed by atoms with Gasteiger partial charge in [-0.2, -0.15) is 0 Å². The van der Waals surface area contributed by atoms with Crippen LogP contribution in [0.25, 0.3) is 0 Å². The Morgan fingerprint density at radius 3 is 2.38 bits per heavy atom. The van der Waals surface area contributed by atoms with Crippen molar-refractivity contribution in [1.82, 2.24) is 19.8 Å². The Balaban J connectivity index is 0.00000169. The molecule has 148 valence electrons. The van der Waals surface area contributed by atoms with E-state index in [0.29, 0.717) is 6.42 Å². The first-order chi connectivity index (χ1) is 11.6. The van der Waals surface area contributed by atoms with Crippen LogP contribution < -0.4 is 10.6 Å². The van der Waals surface area contributed by atoms with Crippen LogP contribution >= 0.6 is 24.8 Å². The zero-order chi connectivity index (χ0) is 17.0. The van der Waals surface area contributed by atoms with Crippen LogP contribution in [-0.4, -0.2) is 78.0 Å². The van der Waals surface area contributed by atoms with Crippen LogP contribution in [-0.2, 0) is 4.79 Å². The van der Waals surface area contributed by atoms with Crippen molar-refractivity contribution in [2.75, 3.05) is 57.3 Å². The lowest BCUT2D eigenvalue weighted by molar-refractivity contribution is -0.131. The first-order valence-corrected chi connectivity index (χ1v) is 8.82. The Hall–Kier alpha value is -1.15. The molecule has 1 aromatic heterocycles. The molecular weight excluding hydrogens is 375 g/mol. The van der Waals surface area contributed by atoms with Gasteiger partial charge in [0.2, 0.25) is 11.9 Å². The van der Waals surface area contributed by atoms with E-state index in [0.717, 1.165) is 64.7 Å². The Morgan fingerprint density at radius 1 is 1.15 bits per heavy atom. The fourth-order valence-corrected chi connectivity index (χ4v) is 3.51. The second-order valence-electron chi connectivity index (χ2n) is 7.21. The highest BCUT2D eigenvalue weighted by Gasteiger charge is 2.32. The van der Waals surface area contributed by atoms with Crippen LogP contribution in [0.15, 0.2) is 18.5 Å². The smallest absolute Gasteiger partial charge is 0.225 e. The molecular formula is C17H30Cl2N6O. The van der Waals surface area contributed by atoms with E-state index in [9.17, 15) is 4.79 Å². The second kappa shape index (κ2) is 10.3. The lowest BCUT2D eigenvalue weighted by atomic mass is 9.90. The maximum atomic E-state index is 12.5. The summed E-state index contributed by atoms with van der Waals surface area (Å²) in [6.07, 6.45) is 5.24. The molecule has 0 spiro atoms. The van der Waals surface area contributed by atoms with Gasteiger partial charge < -0.3 is 20.4 Å². The molecule has 1 amide bonds. The number of piperazine rings is 1. The van der Waals surface area contributed by atoms with E-state index in [1.807, 2.05) is 11.0 Å². The van der Waals surface area contributed by atoms with Crippen molar-refractivity contribution in [3.63, 3.8) is 0 Å². The Labute approximate surface area is 168 Å². The average molecular weight is 405 g/mol. The van der Waals surface area contributed by atoms with Crippen LogP contribution in [0.1, 0.15) is 19.8 Å². The minimum Gasteiger partial charge on any atom is -0.339 e. The van der Waals surface area contributed by atoms with Gasteiger partial charge in [0.15, 0.2) is 0 Å². The van der Waals surface area contributed by atoms with E-state index in [1.165, 1.54) is 0 Å². The summed E-state index contributed by atoms with van der Waals surface area (Å²) >= 11 is 0. The first kappa shape index (κ1) is 22.9. The summed E-state index contributed by atoms with van der Waals surface area (Å²) < 4.78 is 0. The predicted octanol–water partition coefficient (Wildman–Crippen LogP) is 1.03. The number of hydrogen-bond donors (Lipinski definition) is 1. The van der Waals surface area contributed by atoms with Crippen molar-refractivity contribution in [2.45, 2.75) is 19.8 Å². The van der Waals surface area contributed by atoms with Crippen molar-refractivity contribution in [3.8, 4) is 0 Å². The summed E-state index contributed by atoms with van der Waals surface area (Å²) in [5.74, 6) is 1.01. The van der Waals surface area contributed by atoms with Gasteiger partial charge in [0.1, 0.15) is 0 Å². The molecule has 0 bridgehead atoms. The maximum absolute atomic E-state index is 12.5. The van der Waals surface area contributed by atoms with Crippen LogP contribution in [0.2, 0.25) is 0 Å². The highest BCUT2D eigenvalue weighted by Crippen LogP contribution is 2.28. The van der Waals surface area contributed by atoms with Gasteiger partial charge in [-0.15, -0.1) is 24.8 Å². The van der Waals surface area contributed by atoms with E-state index in [-0.39, 0.29) is 36.1 Å². The van der Waals surface area contributed by atoms with E-state index >= 15 is 0 Å². The SMILES string of the molecule is CC1(CN)CCN(CCC(=O)N2CCN(c3ncccn3)CC2)C1.Cl.Cl. The van der Waals surface area contributed by atoms with Gasteiger partial charge in [-0.3, -0.25) is 4.79 Å². The molecule has 0 radical (unpaired) electrons. The van der Waals surface area contributed by atoms with Gasteiger partial charge >= 0.3 is 0 Å². The molecule has 9 heteroatoms. The lowest BCUT2D eigenvalue weighted by Gasteiger charge is -2.35. The Bertz CT molecular complexity index is 555. The minimum atomic E-state index is 0. The summed E-state index contributed by atoms with van der Waals surface area (Å²) in [6, 6.07) is 1.82. The van der Waals surface area contributed by atoms with Gasteiger partial charge in [0.25, 0.3) is 0 Å². The molecule has 3 heterocycles. The van der Waals surface area contributed by atoms with E-state index in [1.54, 1.807) is 12.4 Å². The number of hydrogen-bond acceptors (Lipinski definition) is 6. The fraction of sp³-hybridized carbons (Fsp3) is 0.706. The van der Waals surface area contributed by atoms with E-state index in [4.69, 9.17) is 5.73 Å². The summed E-state index contributed by atoms with van der Waals surface area (Å²) in [4.78, 5) is 27.5. The number of nitrogens with zero attached hydrogens (tertiary/aromatic N) is 5. The van der Waals surface area contributed by atoms with Gasteiger partial charge in [0.05, 0.1) is 0 Å². The number of carbonyl (C=O) groups excluding carboxylic acids is 1. The lowest BCUT2D eigenvalue weighted by Crippen LogP contribution is -2.49. The monoisotopic (exact) mass is 404 g/mol. The number of rotatable bonds is 5.